The lowest BCUT2D eigenvalue weighted by atomic mass is 10.1. The summed E-state index contributed by atoms with van der Waals surface area (Å²) in [4.78, 5) is 44.5. The Labute approximate surface area is 225 Å². The molecule has 2 saturated heterocycles. The maximum atomic E-state index is 13.8. The third kappa shape index (κ3) is 6.06. The van der Waals surface area contributed by atoms with Gasteiger partial charge < -0.3 is 25.3 Å². The Morgan fingerprint density at radius 1 is 0.667 bits per heavy atom. The summed E-state index contributed by atoms with van der Waals surface area (Å²) in [6.07, 6.45) is 0. The number of benzene rings is 3. The molecule has 10 heteroatoms. The average Bonchev–Trinajstić information content (AvgIpc) is 2.97. The highest BCUT2D eigenvalue weighted by molar-refractivity contribution is 6.07. The predicted octanol–water partition coefficient (Wildman–Crippen LogP) is 3.22. The Morgan fingerprint density at radius 3 is 1.87 bits per heavy atom. The summed E-state index contributed by atoms with van der Waals surface area (Å²) < 4.78 is 27.4. The molecule has 2 N–H and O–H groups in total. The van der Waals surface area contributed by atoms with Gasteiger partial charge in [0.05, 0.1) is 11.4 Å². The van der Waals surface area contributed by atoms with Gasteiger partial charge in [-0.1, -0.05) is 12.1 Å². The fourth-order valence-corrected chi connectivity index (χ4v) is 4.87. The molecule has 2 heterocycles. The quantitative estimate of drug-likeness (QED) is 0.526. The number of hydrogen-bond acceptors (Lipinski definition) is 5. The molecule has 0 saturated carbocycles. The van der Waals surface area contributed by atoms with Gasteiger partial charge in [0.25, 0.3) is 17.7 Å². The summed E-state index contributed by atoms with van der Waals surface area (Å²) in [7, 11) is 0. The Kier molecular flexibility index (Phi) is 7.83. The number of carbonyl (C=O) groups is 3. The van der Waals surface area contributed by atoms with E-state index in [1.807, 2.05) is 4.90 Å². The van der Waals surface area contributed by atoms with Crippen molar-refractivity contribution in [2.45, 2.75) is 0 Å². The first kappa shape index (κ1) is 26.3. The number of piperazine rings is 2. The van der Waals surface area contributed by atoms with E-state index in [1.54, 1.807) is 34.1 Å². The fourth-order valence-electron chi connectivity index (χ4n) is 4.87. The molecule has 5 rings (SSSR count). The zero-order valence-electron chi connectivity index (χ0n) is 21.3. The van der Waals surface area contributed by atoms with Gasteiger partial charge in [0.1, 0.15) is 11.6 Å². The lowest BCUT2D eigenvalue weighted by Crippen LogP contribution is -2.49. The number of halogens is 2. The molecule has 3 aromatic carbocycles. The summed E-state index contributed by atoms with van der Waals surface area (Å²) in [6, 6.07) is 16.2. The van der Waals surface area contributed by atoms with Crippen molar-refractivity contribution in [2.75, 3.05) is 62.6 Å². The van der Waals surface area contributed by atoms with E-state index in [4.69, 9.17) is 0 Å². The second-order valence-electron chi connectivity index (χ2n) is 9.53. The van der Waals surface area contributed by atoms with Crippen molar-refractivity contribution in [2.24, 2.45) is 0 Å². The minimum Gasteiger partial charge on any atom is -0.366 e. The van der Waals surface area contributed by atoms with Crippen LogP contribution >= 0.6 is 0 Å². The second kappa shape index (κ2) is 11.6. The van der Waals surface area contributed by atoms with Gasteiger partial charge in [-0.3, -0.25) is 14.4 Å². The van der Waals surface area contributed by atoms with E-state index in [-0.39, 0.29) is 17.4 Å². The summed E-state index contributed by atoms with van der Waals surface area (Å²) >= 11 is 0. The van der Waals surface area contributed by atoms with Crippen LogP contribution in [0.5, 0.6) is 0 Å². The molecule has 3 amide bonds. The topological polar surface area (TPSA) is 85.0 Å². The molecule has 2 aliphatic rings. The van der Waals surface area contributed by atoms with Gasteiger partial charge in [-0.05, 0) is 54.6 Å². The van der Waals surface area contributed by atoms with Crippen LogP contribution in [0.1, 0.15) is 31.1 Å². The zero-order chi connectivity index (χ0) is 27.4. The number of rotatable bonds is 5. The molecular formula is C29H29F2N5O3. The van der Waals surface area contributed by atoms with Crippen LogP contribution in [0.2, 0.25) is 0 Å². The largest absolute Gasteiger partial charge is 0.366 e. The highest BCUT2D eigenvalue weighted by atomic mass is 19.1. The molecule has 2 fully saturated rings. The molecule has 0 aliphatic carbocycles. The normalized spacial score (nSPS) is 15.7. The van der Waals surface area contributed by atoms with Crippen molar-refractivity contribution in [3.63, 3.8) is 0 Å². The highest BCUT2D eigenvalue weighted by Gasteiger charge is 2.26. The Hall–Kier alpha value is -4.31. The van der Waals surface area contributed by atoms with Crippen molar-refractivity contribution in [3.8, 4) is 0 Å². The Balaban J connectivity index is 1.37. The third-order valence-corrected chi connectivity index (χ3v) is 6.96. The molecule has 0 spiro atoms. The van der Waals surface area contributed by atoms with Crippen LogP contribution in [0.25, 0.3) is 0 Å². The molecule has 0 atom stereocenters. The van der Waals surface area contributed by atoms with Crippen LogP contribution in [0.15, 0.2) is 66.7 Å². The Morgan fingerprint density at radius 2 is 1.23 bits per heavy atom. The molecule has 3 aromatic rings. The standard InChI is InChI=1S/C29H29F2N5O3/c30-23-5-1-3-20(17-23)27(37)33-25-19-22(29(39)35-11-9-32-10-12-35)7-8-26(25)34-13-15-36(16-14-34)28(38)21-4-2-6-24(31)18-21/h1-8,17-19,32H,9-16H2,(H,33,37). The van der Waals surface area contributed by atoms with Crippen LogP contribution in [-0.4, -0.2) is 79.9 Å². The van der Waals surface area contributed by atoms with Gasteiger partial charge in [0, 0.05) is 69.0 Å². The molecule has 0 aromatic heterocycles. The predicted molar refractivity (Wildman–Crippen MR) is 144 cm³/mol. The minimum atomic E-state index is -0.524. The Bertz CT molecular complexity index is 1380. The first-order chi connectivity index (χ1) is 18.9. The first-order valence-corrected chi connectivity index (χ1v) is 12.9. The number of nitrogens with zero attached hydrogens (tertiary/aromatic N) is 3. The van der Waals surface area contributed by atoms with Crippen molar-refractivity contribution < 1.29 is 23.2 Å². The van der Waals surface area contributed by atoms with Crippen LogP contribution in [0, 0.1) is 11.6 Å². The van der Waals surface area contributed by atoms with Crippen molar-refractivity contribution >= 4 is 29.1 Å². The number of carbonyl (C=O) groups excluding carboxylic acids is 3. The van der Waals surface area contributed by atoms with E-state index < -0.39 is 17.5 Å². The highest BCUT2D eigenvalue weighted by Crippen LogP contribution is 2.30. The lowest BCUT2D eigenvalue weighted by Gasteiger charge is -2.37. The molecule has 0 unspecified atom stereocenters. The average molecular weight is 534 g/mol. The van der Waals surface area contributed by atoms with Gasteiger partial charge in [0.15, 0.2) is 0 Å². The van der Waals surface area contributed by atoms with E-state index in [9.17, 15) is 23.2 Å². The molecule has 0 bridgehead atoms. The van der Waals surface area contributed by atoms with Gasteiger partial charge in [-0.2, -0.15) is 0 Å². The van der Waals surface area contributed by atoms with E-state index in [2.05, 4.69) is 10.6 Å². The molecule has 0 radical (unpaired) electrons. The molecular weight excluding hydrogens is 504 g/mol. The van der Waals surface area contributed by atoms with Crippen LogP contribution < -0.4 is 15.5 Å². The summed E-state index contributed by atoms with van der Waals surface area (Å²) in [5.41, 5.74) is 2.01. The first-order valence-electron chi connectivity index (χ1n) is 12.9. The van der Waals surface area contributed by atoms with Crippen molar-refractivity contribution in [1.82, 2.24) is 15.1 Å². The maximum absolute atomic E-state index is 13.8. The van der Waals surface area contributed by atoms with Crippen LogP contribution in [0.3, 0.4) is 0 Å². The lowest BCUT2D eigenvalue weighted by molar-refractivity contribution is 0.0731. The van der Waals surface area contributed by atoms with E-state index in [0.29, 0.717) is 74.9 Å². The third-order valence-electron chi connectivity index (χ3n) is 6.96. The van der Waals surface area contributed by atoms with Gasteiger partial charge in [-0.15, -0.1) is 0 Å². The second-order valence-corrected chi connectivity index (χ2v) is 9.53. The number of anilines is 2. The van der Waals surface area contributed by atoms with E-state index in [1.165, 1.54) is 36.4 Å². The number of hydrogen-bond donors (Lipinski definition) is 2. The number of nitrogens with one attached hydrogen (secondary N) is 2. The van der Waals surface area contributed by atoms with E-state index in [0.717, 1.165) is 6.07 Å². The fraction of sp³-hybridized carbons (Fsp3) is 0.276. The smallest absolute Gasteiger partial charge is 0.255 e. The molecule has 39 heavy (non-hydrogen) atoms. The van der Waals surface area contributed by atoms with Crippen molar-refractivity contribution in [1.29, 1.82) is 0 Å². The van der Waals surface area contributed by atoms with E-state index >= 15 is 0 Å². The summed E-state index contributed by atoms with van der Waals surface area (Å²) in [6.45, 7) is 4.34. The molecule has 2 aliphatic heterocycles. The van der Waals surface area contributed by atoms with Gasteiger partial charge >= 0.3 is 0 Å². The molecule has 202 valence electrons. The molecule has 8 nitrogen and oxygen atoms in total. The van der Waals surface area contributed by atoms with Gasteiger partial charge in [-0.25, -0.2) is 8.78 Å². The van der Waals surface area contributed by atoms with Gasteiger partial charge in [0.2, 0.25) is 0 Å². The maximum Gasteiger partial charge on any atom is 0.255 e. The van der Waals surface area contributed by atoms with Crippen LogP contribution in [0.4, 0.5) is 20.2 Å². The minimum absolute atomic E-state index is 0.130. The SMILES string of the molecule is O=C(Nc1cc(C(=O)N2CCNCC2)ccc1N1CCN(C(=O)c2cccc(F)c2)CC1)c1cccc(F)c1. The summed E-state index contributed by atoms with van der Waals surface area (Å²) in [5, 5.41) is 6.09. The summed E-state index contributed by atoms with van der Waals surface area (Å²) in [5.74, 6) is -1.86. The monoisotopic (exact) mass is 533 g/mol. The zero-order valence-corrected chi connectivity index (χ0v) is 21.3. The van der Waals surface area contributed by atoms with Crippen LogP contribution in [-0.2, 0) is 0 Å². The number of amides is 3. The van der Waals surface area contributed by atoms with Crippen molar-refractivity contribution in [3.05, 3.63) is 95.1 Å².